The minimum atomic E-state index is 0.0309. The van der Waals surface area contributed by atoms with Crippen molar-refractivity contribution < 1.29 is 9.26 Å². The predicted octanol–water partition coefficient (Wildman–Crippen LogP) is 1.70. The lowest BCUT2D eigenvalue weighted by atomic mass is 10.2. The van der Waals surface area contributed by atoms with E-state index in [1.54, 1.807) is 7.11 Å². The minimum absolute atomic E-state index is 0.0309. The number of ether oxygens (including phenoxy) is 1. The lowest BCUT2D eigenvalue weighted by Gasteiger charge is -1.96. The molecule has 0 aliphatic heterocycles. The Labute approximate surface area is 97.2 Å². The summed E-state index contributed by atoms with van der Waals surface area (Å²) < 4.78 is 10.2. The van der Waals surface area contributed by atoms with E-state index >= 15 is 0 Å². The first-order chi connectivity index (χ1) is 7.69. The van der Waals surface area contributed by atoms with Crippen LogP contribution in [0.1, 0.15) is 12.7 Å². The first-order valence-electron chi connectivity index (χ1n) is 4.90. The van der Waals surface area contributed by atoms with Crippen molar-refractivity contribution in [1.82, 2.24) is 10.1 Å². The summed E-state index contributed by atoms with van der Waals surface area (Å²) in [6.45, 7) is 1.91. The zero-order valence-corrected chi connectivity index (χ0v) is 9.95. The average molecular weight is 239 g/mol. The van der Waals surface area contributed by atoms with Gasteiger partial charge < -0.3 is 15.0 Å². The van der Waals surface area contributed by atoms with Gasteiger partial charge in [-0.15, -0.1) is 11.3 Å². The number of methoxy groups -OCH3 is 1. The number of rotatable bonds is 4. The minimum Gasteiger partial charge on any atom is -0.496 e. The van der Waals surface area contributed by atoms with Crippen LogP contribution in [-0.4, -0.2) is 23.3 Å². The molecular weight excluding hydrogens is 226 g/mol. The summed E-state index contributed by atoms with van der Waals surface area (Å²) >= 11 is 1.51. The molecule has 0 spiro atoms. The molecule has 2 heterocycles. The maximum absolute atomic E-state index is 5.66. The molecule has 86 valence electrons. The van der Waals surface area contributed by atoms with Crippen LogP contribution in [0.2, 0.25) is 0 Å². The van der Waals surface area contributed by atoms with Gasteiger partial charge in [0.15, 0.2) is 5.82 Å². The summed E-state index contributed by atoms with van der Waals surface area (Å²) in [4.78, 5) is 5.17. The van der Waals surface area contributed by atoms with Gasteiger partial charge in [0.25, 0.3) is 5.89 Å². The highest BCUT2D eigenvalue weighted by molar-refractivity contribution is 7.13. The maximum atomic E-state index is 5.66. The maximum Gasteiger partial charge on any atom is 0.268 e. The molecule has 16 heavy (non-hydrogen) atoms. The van der Waals surface area contributed by atoms with Gasteiger partial charge in [-0.2, -0.15) is 4.98 Å². The Kier molecular flexibility index (Phi) is 3.21. The van der Waals surface area contributed by atoms with Gasteiger partial charge in [-0.25, -0.2) is 0 Å². The van der Waals surface area contributed by atoms with Crippen LogP contribution in [0.15, 0.2) is 16.0 Å². The SMILES string of the molecule is COc1csc(-c2nc(CC(C)N)no2)c1. The number of thiophene rings is 1. The second kappa shape index (κ2) is 4.63. The second-order valence-corrected chi connectivity index (χ2v) is 4.46. The first kappa shape index (κ1) is 11.1. The van der Waals surface area contributed by atoms with Crippen molar-refractivity contribution in [2.45, 2.75) is 19.4 Å². The molecule has 0 saturated carbocycles. The highest BCUT2D eigenvalue weighted by atomic mass is 32.1. The van der Waals surface area contributed by atoms with Crippen LogP contribution in [0.5, 0.6) is 5.75 Å². The molecule has 1 unspecified atom stereocenters. The van der Waals surface area contributed by atoms with Gasteiger partial charge in [0.2, 0.25) is 0 Å². The van der Waals surface area contributed by atoms with E-state index < -0.39 is 0 Å². The van der Waals surface area contributed by atoms with E-state index in [1.807, 2.05) is 18.4 Å². The van der Waals surface area contributed by atoms with Crippen LogP contribution in [0, 0.1) is 0 Å². The summed E-state index contributed by atoms with van der Waals surface area (Å²) in [6, 6.07) is 1.90. The molecule has 2 rings (SSSR count). The molecule has 5 nitrogen and oxygen atoms in total. The van der Waals surface area contributed by atoms with Crippen LogP contribution in [0.3, 0.4) is 0 Å². The third-order valence-electron chi connectivity index (χ3n) is 1.99. The summed E-state index contributed by atoms with van der Waals surface area (Å²) in [5.41, 5.74) is 5.66. The van der Waals surface area contributed by atoms with Crippen molar-refractivity contribution >= 4 is 11.3 Å². The predicted molar refractivity (Wildman–Crippen MR) is 61.5 cm³/mol. The van der Waals surface area contributed by atoms with E-state index in [9.17, 15) is 0 Å². The van der Waals surface area contributed by atoms with E-state index in [4.69, 9.17) is 15.0 Å². The van der Waals surface area contributed by atoms with Crippen molar-refractivity contribution in [3.05, 3.63) is 17.3 Å². The molecule has 2 aromatic heterocycles. The van der Waals surface area contributed by atoms with E-state index in [1.165, 1.54) is 11.3 Å². The van der Waals surface area contributed by atoms with Gasteiger partial charge in [0.05, 0.1) is 12.0 Å². The standard InChI is InChI=1S/C10H13N3O2S/c1-6(11)3-9-12-10(15-13-9)8-4-7(14-2)5-16-8/h4-6H,3,11H2,1-2H3. The molecule has 0 amide bonds. The molecule has 0 aliphatic rings. The Balaban J connectivity index is 2.17. The molecule has 0 bridgehead atoms. The molecule has 6 heteroatoms. The Hall–Kier alpha value is -1.40. The molecule has 1 atom stereocenters. The van der Waals surface area contributed by atoms with Crippen molar-refractivity contribution in [2.24, 2.45) is 5.73 Å². The Morgan fingerprint density at radius 3 is 3.06 bits per heavy atom. The van der Waals surface area contributed by atoms with Crippen LogP contribution < -0.4 is 10.5 Å². The Morgan fingerprint density at radius 1 is 1.62 bits per heavy atom. The van der Waals surface area contributed by atoms with Crippen LogP contribution in [0.25, 0.3) is 10.8 Å². The summed E-state index contributed by atoms with van der Waals surface area (Å²) in [5, 5.41) is 5.76. The van der Waals surface area contributed by atoms with Crippen LogP contribution >= 0.6 is 11.3 Å². The Bertz CT molecular complexity index is 464. The number of hydrogen-bond acceptors (Lipinski definition) is 6. The number of aromatic nitrogens is 2. The van der Waals surface area contributed by atoms with Crippen molar-refractivity contribution in [2.75, 3.05) is 7.11 Å². The smallest absolute Gasteiger partial charge is 0.268 e. The van der Waals surface area contributed by atoms with Gasteiger partial charge in [-0.3, -0.25) is 0 Å². The summed E-state index contributed by atoms with van der Waals surface area (Å²) in [7, 11) is 1.63. The number of nitrogens with zero attached hydrogens (tertiary/aromatic N) is 2. The fourth-order valence-corrected chi connectivity index (χ4v) is 2.04. The number of hydrogen-bond donors (Lipinski definition) is 1. The third-order valence-corrected chi connectivity index (χ3v) is 2.89. The van der Waals surface area contributed by atoms with E-state index in [-0.39, 0.29) is 6.04 Å². The molecule has 0 aliphatic carbocycles. The van der Waals surface area contributed by atoms with Gasteiger partial charge in [0.1, 0.15) is 5.75 Å². The molecule has 0 saturated heterocycles. The fourth-order valence-electron chi connectivity index (χ4n) is 1.26. The molecule has 2 aromatic rings. The summed E-state index contributed by atoms with van der Waals surface area (Å²) in [5.74, 6) is 1.95. The quantitative estimate of drug-likeness (QED) is 0.878. The topological polar surface area (TPSA) is 74.2 Å². The van der Waals surface area contributed by atoms with E-state index in [0.717, 1.165) is 10.6 Å². The Morgan fingerprint density at radius 2 is 2.44 bits per heavy atom. The zero-order chi connectivity index (χ0) is 11.5. The van der Waals surface area contributed by atoms with E-state index in [0.29, 0.717) is 18.1 Å². The van der Waals surface area contributed by atoms with Crippen LogP contribution in [0.4, 0.5) is 0 Å². The van der Waals surface area contributed by atoms with Crippen LogP contribution in [-0.2, 0) is 6.42 Å². The fraction of sp³-hybridized carbons (Fsp3) is 0.400. The summed E-state index contributed by atoms with van der Waals surface area (Å²) in [6.07, 6.45) is 0.617. The van der Waals surface area contributed by atoms with Gasteiger partial charge in [0, 0.05) is 23.9 Å². The normalized spacial score (nSPS) is 12.7. The van der Waals surface area contributed by atoms with Crippen molar-refractivity contribution in [3.63, 3.8) is 0 Å². The molecule has 0 fully saturated rings. The number of nitrogens with two attached hydrogens (primary N) is 1. The lowest BCUT2D eigenvalue weighted by molar-refractivity contribution is 0.414. The van der Waals surface area contributed by atoms with Gasteiger partial charge in [-0.1, -0.05) is 5.16 Å². The molecule has 0 radical (unpaired) electrons. The largest absolute Gasteiger partial charge is 0.496 e. The monoisotopic (exact) mass is 239 g/mol. The van der Waals surface area contributed by atoms with E-state index in [2.05, 4.69) is 10.1 Å². The first-order valence-corrected chi connectivity index (χ1v) is 5.78. The molecular formula is C10H13N3O2S. The molecule has 2 N–H and O–H groups in total. The highest BCUT2D eigenvalue weighted by Gasteiger charge is 2.12. The van der Waals surface area contributed by atoms with Gasteiger partial charge >= 0.3 is 0 Å². The van der Waals surface area contributed by atoms with Gasteiger partial charge in [-0.05, 0) is 6.92 Å². The average Bonchev–Trinajstić information content (AvgIpc) is 2.83. The van der Waals surface area contributed by atoms with Crippen molar-refractivity contribution in [1.29, 1.82) is 0 Å². The highest BCUT2D eigenvalue weighted by Crippen LogP contribution is 2.29. The van der Waals surface area contributed by atoms with Crippen molar-refractivity contribution in [3.8, 4) is 16.5 Å². The second-order valence-electron chi connectivity index (χ2n) is 3.55. The zero-order valence-electron chi connectivity index (χ0n) is 9.14. The lowest BCUT2D eigenvalue weighted by Crippen LogP contribution is -2.18. The molecule has 0 aromatic carbocycles. The third kappa shape index (κ3) is 2.40.